The van der Waals surface area contributed by atoms with Crippen molar-refractivity contribution >= 4 is 11.5 Å². The standard InChI is InChI=1S/C13H12F3NO/c14-13(15,16)10-4-2-5-11(7-10)17-8-9-3-1-6-12(9)18/h2,4-5,7-8,17H,1,3,6H2/b9-8-. The SMILES string of the molecule is O=C1CCC/C1=C/Nc1cccc(C(F)(F)F)c1. The van der Waals surface area contributed by atoms with Gasteiger partial charge in [0.2, 0.25) is 0 Å². The number of ketones is 1. The van der Waals surface area contributed by atoms with Gasteiger partial charge in [-0.1, -0.05) is 6.07 Å². The van der Waals surface area contributed by atoms with Crippen LogP contribution in [0.15, 0.2) is 36.0 Å². The van der Waals surface area contributed by atoms with Crippen LogP contribution in [0.2, 0.25) is 0 Å². The van der Waals surface area contributed by atoms with Crippen LogP contribution in [0, 0.1) is 0 Å². The van der Waals surface area contributed by atoms with Gasteiger partial charge in [0, 0.05) is 23.9 Å². The lowest BCUT2D eigenvalue weighted by Crippen LogP contribution is -2.05. The normalized spacial score (nSPS) is 18.4. The lowest BCUT2D eigenvalue weighted by Gasteiger charge is -2.08. The number of halogens is 3. The van der Waals surface area contributed by atoms with E-state index in [0.717, 1.165) is 18.6 Å². The zero-order valence-corrected chi connectivity index (χ0v) is 9.55. The summed E-state index contributed by atoms with van der Waals surface area (Å²) in [6.45, 7) is 0. The molecule has 0 unspecified atom stereocenters. The first-order valence-electron chi connectivity index (χ1n) is 5.63. The van der Waals surface area contributed by atoms with Gasteiger partial charge in [-0.15, -0.1) is 0 Å². The molecule has 0 bridgehead atoms. The molecule has 0 heterocycles. The number of alkyl halides is 3. The van der Waals surface area contributed by atoms with E-state index in [1.807, 2.05) is 0 Å². The number of hydrogen-bond donors (Lipinski definition) is 1. The van der Waals surface area contributed by atoms with E-state index in [0.29, 0.717) is 24.1 Å². The van der Waals surface area contributed by atoms with Crippen molar-refractivity contribution in [1.82, 2.24) is 0 Å². The zero-order chi connectivity index (χ0) is 13.2. The summed E-state index contributed by atoms with van der Waals surface area (Å²) >= 11 is 0. The molecule has 1 N–H and O–H groups in total. The smallest absolute Gasteiger partial charge is 0.361 e. The minimum absolute atomic E-state index is 0.0643. The van der Waals surface area contributed by atoms with Crippen LogP contribution < -0.4 is 5.32 Å². The topological polar surface area (TPSA) is 29.1 Å². The van der Waals surface area contributed by atoms with E-state index in [4.69, 9.17) is 0 Å². The number of nitrogens with one attached hydrogen (secondary N) is 1. The summed E-state index contributed by atoms with van der Waals surface area (Å²) in [5.74, 6) is 0.0643. The van der Waals surface area contributed by atoms with Gasteiger partial charge in [0.05, 0.1) is 5.56 Å². The predicted octanol–water partition coefficient (Wildman–Crippen LogP) is 3.75. The molecule has 2 rings (SSSR count). The molecule has 0 aliphatic heterocycles. The lowest BCUT2D eigenvalue weighted by molar-refractivity contribution is -0.137. The maximum Gasteiger partial charge on any atom is 0.416 e. The predicted molar refractivity (Wildman–Crippen MR) is 62.0 cm³/mol. The minimum Gasteiger partial charge on any atom is -0.361 e. The zero-order valence-electron chi connectivity index (χ0n) is 9.55. The highest BCUT2D eigenvalue weighted by Crippen LogP contribution is 2.30. The van der Waals surface area contributed by atoms with Crippen LogP contribution in [0.25, 0.3) is 0 Å². The van der Waals surface area contributed by atoms with E-state index < -0.39 is 11.7 Å². The molecular weight excluding hydrogens is 243 g/mol. The van der Waals surface area contributed by atoms with E-state index in [-0.39, 0.29) is 5.78 Å². The van der Waals surface area contributed by atoms with Gasteiger partial charge in [-0.05, 0) is 31.0 Å². The molecule has 1 aliphatic carbocycles. The number of benzene rings is 1. The first-order valence-corrected chi connectivity index (χ1v) is 5.63. The maximum absolute atomic E-state index is 12.5. The number of rotatable bonds is 2. The largest absolute Gasteiger partial charge is 0.416 e. The Morgan fingerprint density at radius 3 is 2.61 bits per heavy atom. The van der Waals surface area contributed by atoms with Crippen molar-refractivity contribution in [2.45, 2.75) is 25.4 Å². The summed E-state index contributed by atoms with van der Waals surface area (Å²) in [4.78, 5) is 11.3. The molecular formula is C13H12F3NO. The maximum atomic E-state index is 12.5. The number of Topliss-reactive ketones (excluding diaryl/α,β-unsaturated/α-hetero) is 1. The van der Waals surface area contributed by atoms with E-state index in [2.05, 4.69) is 5.32 Å². The van der Waals surface area contributed by atoms with Crippen molar-refractivity contribution in [2.24, 2.45) is 0 Å². The molecule has 18 heavy (non-hydrogen) atoms. The van der Waals surface area contributed by atoms with Crippen molar-refractivity contribution in [3.8, 4) is 0 Å². The highest BCUT2D eigenvalue weighted by atomic mass is 19.4. The van der Waals surface area contributed by atoms with Crippen molar-refractivity contribution < 1.29 is 18.0 Å². The number of carbonyl (C=O) groups is 1. The molecule has 1 fully saturated rings. The van der Waals surface area contributed by atoms with Gasteiger partial charge < -0.3 is 5.32 Å². The Morgan fingerprint density at radius 1 is 1.22 bits per heavy atom. The number of allylic oxidation sites excluding steroid dienone is 1. The Labute approximate surface area is 102 Å². The first-order chi connectivity index (χ1) is 8.47. The highest BCUT2D eigenvalue weighted by molar-refractivity contribution is 5.97. The molecule has 0 saturated heterocycles. The number of carbonyl (C=O) groups excluding carboxylic acids is 1. The molecule has 0 amide bonds. The third kappa shape index (κ3) is 2.91. The molecule has 1 saturated carbocycles. The molecule has 1 aliphatic rings. The average Bonchev–Trinajstić information content (AvgIpc) is 2.72. The van der Waals surface area contributed by atoms with Crippen molar-refractivity contribution in [3.63, 3.8) is 0 Å². The van der Waals surface area contributed by atoms with Gasteiger partial charge >= 0.3 is 6.18 Å². The van der Waals surface area contributed by atoms with Crippen LogP contribution >= 0.6 is 0 Å². The van der Waals surface area contributed by atoms with Crippen molar-refractivity contribution in [2.75, 3.05) is 5.32 Å². The van der Waals surface area contributed by atoms with E-state index in [1.54, 1.807) is 0 Å². The molecule has 0 atom stereocenters. The Morgan fingerprint density at radius 2 is 2.00 bits per heavy atom. The van der Waals surface area contributed by atoms with E-state index in [1.165, 1.54) is 18.3 Å². The molecule has 1 aromatic rings. The van der Waals surface area contributed by atoms with Crippen LogP contribution in [0.1, 0.15) is 24.8 Å². The van der Waals surface area contributed by atoms with Gasteiger partial charge in [-0.2, -0.15) is 13.2 Å². The summed E-state index contributed by atoms with van der Waals surface area (Å²) in [6, 6.07) is 4.90. The Bertz CT molecular complexity index is 491. The second-order valence-corrected chi connectivity index (χ2v) is 4.17. The Kier molecular flexibility index (Phi) is 3.41. The van der Waals surface area contributed by atoms with E-state index in [9.17, 15) is 18.0 Å². The monoisotopic (exact) mass is 255 g/mol. The third-order valence-corrected chi connectivity index (χ3v) is 2.81. The lowest BCUT2D eigenvalue weighted by atomic mass is 10.2. The van der Waals surface area contributed by atoms with Gasteiger partial charge in [0.15, 0.2) is 5.78 Å². The summed E-state index contributed by atoms with van der Waals surface area (Å²) in [5.41, 5.74) is 0.271. The fraction of sp³-hybridized carbons (Fsp3) is 0.308. The summed E-state index contributed by atoms with van der Waals surface area (Å²) in [5, 5.41) is 2.75. The fourth-order valence-corrected chi connectivity index (χ4v) is 1.85. The van der Waals surface area contributed by atoms with Crippen LogP contribution in [0.3, 0.4) is 0 Å². The second-order valence-electron chi connectivity index (χ2n) is 4.17. The van der Waals surface area contributed by atoms with Gasteiger partial charge in [0.1, 0.15) is 0 Å². The Balaban J connectivity index is 2.13. The molecule has 1 aromatic carbocycles. The highest BCUT2D eigenvalue weighted by Gasteiger charge is 2.30. The quantitative estimate of drug-likeness (QED) is 0.815. The van der Waals surface area contributed by atoms with Crippen molar-refractivity contribution in [3.05, 3.63) is 41.6 Å². The van der Waals surface area contributed by atoms with Crippen LogP contribution in [-0.4, -0.2) is 5.78 Å². The summed E-state index contributed by atoms with van der Waals surface area (Å²) in [6.07, 6.45) is -0.825. The van der Waals surface area contributed by atoms with Gasteiger partial charge in [-0.3, -0.25) is 4.79 Å². The fourth-order valence-electron chi connectivity index (χ4n) is 1.85. The Hall–Kier alpha value is -1.78. The summed E-state index contributed by atoms with van der Waals surface area (Å²) < 4.78 is 37.4. The number of anilines is 1. The molecule has 0 spiro atoms. The van der Waals surface area contributed by atoms with Crippen LogP contribution in [-0.2, 0) is 11.0 Å². The van der Waals surface area contributed by atoms with Gasteiger partial charge in [-0.25, -0.2) is 0 Å². The van der Waals surface area contributed by atoms with E-state index >= 15 is 0 Å². The van der Waals surface area contributed by atoms with Gasteiger partial charge in [0.25, 0.3) is 0 Å². The molecule has 96 valence electrons. The molecule has 2 nitrogen and oxygen atoms in total. The molecule has 0 aromatic heterocycles. The first kappa shape index (κ1) is 12.7. The van der Waals surface area contributed by atoms with Crippen LogP contribution in [0.4, 0.5) is 18.9 Å². The number of hydrogen-bond acceptors (Lipinski definition) is 2. The molecule has 0 radical (unpaired) electrons. The summed E-state index contributed by atoms with van der Waals surface area (Å²) in [7, 11) is 0. The minimum atomic E-state index is -4.35. The third-order valence-electron chi connectivity index (χ3n) is 2.81. The van der Waals surface area contributed by atoms with Crippen molar-refractivity contribution in [1.29, 1.82) is 0 Å². The molecule has 5 heteroatoms. The second kappa shape index (κ2) is 4.84. The average molecular weight is 255 g/mol. The van der Waals surface area contributed by atoms with Crippen LogP contribution in [0.5, 0.6) is 0 Å².